The largest absolute Gasteiger partial charge is 0.360 e. The molecule has 0 heterocycles. The van der Waals surface area contributed by atoms with Crippen LogP contribution in [-0.4, -0.2) is 16.9 Å². The summed E-state index contributed by atoms with van der Waals surface area (Å²) in [6, 6.07) is 5.72. The van der Waals surface area contributed by atoms with Gasteiger partial charge in [0.25, 0.3) is 11.6 Å². The highest BCUT2D eigenvalue weighted by atomic mass is 35.5. The van der Waals surface area contributed by atoms with E-state index < -0.39 is 10.8 Å². The summed E-state index contributed by atoms with van der Waals surface area (Å²) in [6.45, 7) is 3.53. The van der Waals surface area contributed by atoms with Crippen LogP contribution in [0.1, 0.15) is 13.8 Å². The molecule has 110 valence electrons. The van der Waals surface area contributed by atoms with E-state index in [9.17, 15) is 14.9 Å². The molecule has 0 aliphatic rings. The predicted molar refractivity (Wildman–Crippen MR) is 78.7 cm³/mol. The molecule has 0 aliphatic carbocycles. The molecule has 0 aliphatic heterocycles. The highest BCUT2D eigenvalue weighted by Gasteiger charge is 2.13. The number of carbonyl (C=O) groups excluding carboxylic acids is 1. The second-order valence-electron chi connectivity index (χ2n) is 4.37. The van der Waals surface area contributed by atoms with Crippen molar-refractivity contribution in [2.45, 2.75) is 19.9 Å². The molecule has 0 aromatic heterocycles. The van der Waals surface area contributed by atoms with Crippen LogP contribution in [-0.2, 0) is 4.79 Å². The van der Waals surface area contributed by atoms with Crippen molar-refractivity contribution in [3.05, 3.63) is 45.1 Å². The molecule has 0 saturated heterocycles. The molecular formula is C13H13ClN4O3. The van der Waals surface area contributed by atoms with Gasteiger partial charge in [-0.2, -0.15) is 5.26 Å². The van der Waals surface area contributed by atoms with Crippen molar-refractivity contribution in [3.8, 4) is 6.07 Å². The van der Waals surface area contributed by atoms with Gasteiger partial charge in [-0.1, -0.05) is 11.6 Å². The minimum absolute atomic E-state index is 0.00703. The molecule has 1 aromatic carbocycles. The van der Waals surface area contributed by atoms with E-state index in [2.05, 4.69) is 10.6 Å². The van der Waals surface area contributed by atoms with Crippen LogP contribution in [0.25, 0.3) is 0 Å². The number of nitrogens with zero attached hydrogens (tertiary/aromatic N) is 2. The topological polar surface area (TPSA) is 108 Å². The molecule has 0 unspecified atom stereocenters. The fourth-order valence-corrected chi connectivity index (χ4v) is 1.57. The molecular weight excluding hydrogens is 296 g/mol. The van der Waals surface area contributed by atoms with Crippen LogP contribution in [0.4, 0.5) is 11.4 Å². The number of amides is 1. The van der Waals surface area contributed by atoms with Gasteiger partial charge in [0.1, 0.15) is 16.7 Å². The summed E-state index contributed by atoms with van der Waals surface area (Å²) in [5.74, 6) is -0.525. The highest BCUT2D eigenvalue weighted by molar-refractivity contribution is 6.32. The molecule has 1 rings (SSSR count). The lowest BCUT2D eigenvalue weighted by Gasteiger charge is -2.07. The van der Waals surface area contributed by atoms with Crippen LogP contribution in [0.5, 0.6) is 0 Å². The van der Waals surface area contributed by atoms with E-state index in [1.165, 1.54) is 24.4 Å². The fraction of sp³-hybridized carbons (Fsp3) is 0.231. The van der Waals surface area contributed by atoms with E-state index >= 15 is 0 Å². The number of nitrogens with one attached hydrogen (secondary N) is 2. The van der Waals surface area contributed by atoms with Crippen LogP contribution >= 0.6 is 11.6 Å². The predicted octanol–water partition coefficient (Wildman–Crippen LogP) is 2.59. The maximum atomic E-state index is 11.7. The maximum Gasteiger partial charge on any atom is 0.289 e. The number of nitriles is 1. The van der Waals surface area contributed by atoms with Crippen molar-refractivity contribution < 1.29 is 9.72 Å². The molecule has 8 heteroatoms. The summed E-state index contributed by atoms with van der Waals surface area (Å²) in [4.78, 5) is 21.8. The average molecular weight is 309 g/mol. The van der Waals surface area contributed by atoms with Gasteiger partial charge in [-0.05, 0) is 26.0 Å². The smallest absolute Gasteiger partial charge is 0.289 e. The van der Waals surface area contributed by atoms with E-state index in [0.29, 0.717) is 5.69 Å². The molecule has 1 amide bonds. The Hall–Kier alpha value is -2.59. The Morgan fingerprint density at radius 1 is 1.52 bits per heavy atom. The van der Waals surface area contributed by atoms with E-state index in [1.807, 2.05) is 0 Å². The summed E-state index contributed by atoms with van der Waals surface area (Å²) in [7, 11) is 0. The van der Waals surface area contributed by atoms with Crippen LogP contribution < -0.4 is 10.6 Å². The van der Waals surface area contributed by atoms with E-state index in [0.717, 1.165) is 0 Å². The Balaban J connectivity index is 2.93. The second kappa shape index (κ2) is 7.26. The molecule has 0 atom stereocenters. The van der Waals surface area contributed by atoms with Crippen LogP contribution in [0.3, 0.4) is 0 Å². The average Bonchev–Trinajstić information content (AvgIpc) is 2.40. The number of nitro benzene ring substituents is 1. The summed E-state index contributed by atoms with van der Waals surface area (Å²) >= 11 is 5.69. The number of hydrogen-bond donors (Lipinski definition) is 2. The van der Waals surface area contributed by atoms with Gasteiger partial charge in [0, 0.05) is 24.0 Å². The normalized spacial score (nSPS) is 10.9. The summed E-state index contributed by atoms with van der Waals surface area (Å²) in [6.07, 6.45) is 1.19. The zero-order valence-corrected chi connectivity index (χ0v) is 12.1. The highest BCUT2D eigenvalue weighted by Crippen LogP contribution is 2.27. The number of halogens is 1. The minimum atomic E-state index is -0.617. The first-order valence-corrected chi connectivity index (χ1v) is 6.34. The van der Waals surface area contributed by atoms with Crippen molar-refractivity contribution in [1.29, 1.82) is 5.26 Å². The molecule has 21 heavy (non-hydrogen) atoms. The van der Waals surface area contributed by atoms with Crippen molar-refractivity contribution in [2.75, 3.05) is 5.32 Å². The van der Waals surface area contributed by atoms with Crippen molar-refractivity contribution in [1.82, 2.24) is 5.32 Å². The van der Waals surface area contributed by atoms with Crippen molar-refractivity contribution in [3.63, 3.8) is 0 Å². The Kier molecular flexibility index (Phi) is 5.69. The SMILES string of the molecule is CC(C)NC(=O)/C(C#N)=C\Nc1ccc(Cl)c([N+](=O)[O-])c1. The number of hydrogen-bond acceptors (Lipinski definition) is 5. The molecule has 0 spiro atoms. The lowest BCUT2D eigenvalue weighted by Crippen LogP contribution is -2.31. The molecule has 7 nitrogen and oxygen atoms in total. The molecule has 1 aromatic rings. The molecule has 0 fully saturated rings. The Bertz CT molecular complexity index is 635. The minimum Gasteiger partial charge on any atom is -0.360 e. The van der Waals surface area contributed by atoms with Gasteiger partial charge in [0.15, 0.2) is 0 Å². The monoisotopic (exact) mass is 308 g/mol. The van der Waals surface area contributed by atoms with E-state index in [4.69, 9.17) is 16.9 Å². The van der Waals surface area contributed by atoms with E-state index in [1.54, 1.807) is 19.9 Å². The maximum absolute atomic E-state index is 11.7. The number of carbonyl (C=O) groups is 1. The van der Waals surface area contributed by atoms with Crippen LogP contribution in [0.15, 0.2) is 30.0 Å². The van der Waals surface area contributed by atoms with Gasteiger partial charge in [0.2, 0.25) is 0 Å². The van der Waals surface area contributed by atoms with Gasteiger partial charge in [0.05, 0.1) is 4.92 Å². The van der Waals surface area contributed by atoms with Gasteiger partial charge in [-0.25, -0.2) is 0 Å². The Labute approximate surface area is 126 Å². The molecule has 0 saturated carbocycles. The number of anilines is 1. The number of nitro groups is 1. The zero-order valence-electron chi connectivity index (χ0n) is 11.4. The zero-order chi connectivity index (χ0) is 16.0. The first-order valence-electron chi connectivity index (χ1n) is 5.96. The van der Waals surface area contributed by atoms with Crippen LogP contribution in [0, 0.1) is 21.4 Å². The summed E-state index contributed by atoms with van der Waals surface area (Å²) in [5.41, 5.74) is -0.0577. The Morgan fingerprint density at radius 2 is 2.19 bits per heavy atom. The first-order chi connectivity index (χ1) is 9.85. The van der Waals surface area contributed by atoms with Gasteiger partial charge in [-0.15, -0.1) is 0 Å². The molecule has 2 N–H and O–H groups in total. The van der Waals surface area contributed by atoms with E-state index in [-0.39, 0.29) is 22.3 Å². The third kappa shape index (κ3) is 4.78. The van der Waals surface area contributed by atoms with Gasteiger partial charge < -0.3 is 10.6 Å². The van der Waals surface area contributed by atoms with Gasteiger partial charge in [-0.3, -0.25) is 14.9 Å². The lowest BCUT2D eigenvalue weighted by atomic mass is 10.2. The third-order valence-electron chi connectivity index (χ3n) is 2.31. The Morgan fingerprint density at radius 3 is 2.71 bits per heavy atom. The fourth-order valence-electron chi connectivity index (χ4n) is 1.39. The first kappa shape index (κ1) is 16.5. The lowest BCUT2D eigenvalue weighted by molar-refractivity contribution is -0.384. The number of benzene rings is 1. The summed E-state index contributed by atoms with van der Waals surface area (Å²) < 4.78 is 0. The second-order valence-corrected chi connectivity index (χ2v) is 4.77. The van der Waals surface area contributed by atoms with Crippen molar-refractivity contribution >= 4 is 28.9 Å². The van der Waals surface area contributed by atoms with Crippen molar-refractivity contribution in [2.24, 2.45) is 0 Å². The van der Waals surface area contributed by atoms with Gasteiger partial charge >= 0.3 is 0 Å². The summed E-state index contributed by atoms with van der Waals surface area (Å²) in [5, 5.41) is 24.9. The number of rotatable bonds is 5. The molecule has 0 bridgehead atoms. The van der Waals surface area contributed by atoms with Crippen LogP contribution in [0.2, 0.25) is 5.02 Å². The standard InChI is InChI=1S/C13H13ClN4O3/c1-8(2)17-13(19)9(6-15)7-16-10-3-4-11(14)12(5-10)18(20)21/h3-5,7-8,16H,1-2H3,(H,17,19)/b9-7-. The molecule has 0 radical (unpaired) electrons. The quantitative estimate of drug-likeness (QED) is 0.376. The third-order valence-corrected chi connectivity index (χ3v) is 2.63.